The molecule has 0 bridgehead atoms. The van der Waals surface area contributed by atoms with Crippen LogP contribution in [-0.2, 0) is 0 Å². The van der Waals surface area contributed by atoms with E-state index in [9.17, 15) is 10.1 Å². The Bertz CT molecular complexity index is 790. The molecule has 22 heavy (non-hydrogen) atoms. The van der Waals surface area contributed by atoms with E-state index in [0.717, 1.165) is 4.47 Å². The minimum atomic E-state index is -0.825. The second kappa shape index (κ2) is 5.91. The van der Waals surface area contributed by atoms with Gasteiger partial charge in [-0.3, -0.25) is 10.1 Å². The van der Waals surface area contributed by atoms with Crippen LogP contribution in [0.25, 0.3) is 6.08 Å². The number of rotatable bonds is 2. The van der Waals surface area contributed by atoms with E-state index in [1.165, 1.54) is 6.08 Å². The number of benzene rings is 2. The summed E-state index contributed by atoms with van der Waals surface area (Å²) in [6.07, 6.45) is 0.623. The standard InChI is InChI=1S/C15H8BrCl2NO3/c16-10-3-1-8(2-4-10)15-13(19(20)21)6-9-5-11(17)7-12(18)14(9)22-15/h1-7,15H. The van der Waals surface area contributed by atoms with Gasteiger partial charge in [-0.1, -0.05) is 51.3 Å². The van der Waals surface area contributed by atoms with Crippen LogP contribution in [0.3, 0.4) is 0 Å². The first kappa shape index (κ1) is 15.3. The van der Waals surface area contributed by atoms with E-state index >= 15 is 0 Å². The van der Waals surface area contributed by atoms with Crippen molar-refractivity contribution in [1.29, 1.82) is 0 Å². The van der Waals surface area contributed by atoms with Gasteiger partial charge < -0.3 is 4.74 Å². The normalized spacial score (nSPS) is 16.5. The van der Waals surface area contributed by atoms with Gasteiger partial charge in [-0.15, -0.1) is 0 Å². The Kier molecular flexibility index (Phi) is 4.12. The first-order chi connectivity index (χ1) is 10.5. The van der Waals surface area contributed by atoms with Gasteiger partial charge in [0.05, 0.1) is 9.95 Å². The lowest BCUT2D eigenvalue weighted by Gasteiger charge is -2.23. The molecule has 1 unspecified atom stereocenters. The van der Waals surface area contributed by atoms with Gasteiger partial charge in [-0.25, -0.2) is 0 Å². The van der Waals surface area contributed by atoms with Gasteiger partial charge in [0.1, 0.15) is 5.75 Å². The van der Waals surface area contributed by atoms with Crippen LogP contribution in [-0.4, -0.2) is 4.92 Å². The number of ether oxygens (including phenoxy) is 1. The Balaban J connectivity index is 2.13. The molecule has 0 aromatic heterocycles. The number of nitro groups is 1. The van der Waals surface area contributed by atoms with E-state index in [0.29, 0.717) is 26.9 Å². The molecule has 0 radical (unpaired) electrons. The average molecular weight is 401 g/mol. The van der Waals surface area contributed by atoms with Crippen LogP contribution in [0, 0.1) is 10.1 Å². The predicted octanol–water partition coefficient (Wildman–Crippen LogP) is 5.51. The zero-order chi connectivity index (χ0) is 15.9. The zero-order valence-electron chi connectivity index (χ0n) is 10.9. The third-order valence-corrected chi connectivity index (χ3v) is 4.26. The van der Waals surface area contributed by atoms with Crippen LogP contribution in [0.15, 0.2) is 46.6 Å². The van der Waals surface area contributed by atoms with Crippen molar-refractivity contribution in [2.45, 2.75) is 6.10 Å². The van der Waals surface area contributed by atoms with Crippen molar-refractivity contribution in [1.82, 2.24) is 0 Å². The van der Waals surface area contributed by atoms with Gasteiger partial charge in [-0.05, 0) is 24.3 Å². The molecule has 0 amide bonds. The van der Waals surface area contributed by atoms with Gasteiger partial charge in [0.25, 0.3) is 5.70 Å². The maximum absolute atomic E-state index is 11.4. The highest BCUT2D eigenvalue weighted by Crippen LogP contribution is 2.43. The first-order valence-corrected chi connectivity index (χ1v) is 7.78. The van der Waals surface area contributed by atoms with Crippen LogP contribution in [0.5, 0.6) is 5.75 Å². The van der Waals surface area contributed by atoms with Crippen LogP contribution >= 0.6 is 39.1 Å². The van der Waals surface area contributed by atoms with Crippen molar-refractivity contribution in [3.8, 4) is 5.75 Å². The average Bonchev–Trinajstić information content (AvgIpc) is 2.47. The lowest BCUT2D eigenvalue weighted by atomic mass is 10.0. The van der Waals surface area contributed by atoms with Gasteiger partial charge >= 0.3 is 0 Å². The van der Waals surface area contributed by atoms with E-state index in [1.54, 1.807) is 36.4 Å². The fourth-order valence-corrected chi connectivity index (χ4v) is 3.07. The van der Waals surface area contributed by atoms with Crippen LogP contribution in [0.4, 0.5) is 0 Å². The number of hydrogen-bond donors (Lipinski definition) is 0. The minimum absolute atomic E-state index is 0.0619. The molecule has 0 saturated carbocycles. The van der Waals surface area contributed by atoms with Crippen molar-refractivity contribution in [2.75, 3.05) is 0 Å². The summed E-state index contributed by atoms with van der Waals surface area (Å²) in [5.41, 5.74) is 1.11. The summed E-state index contributed by atoms with van der Waals surface area (Å²) in [7, 11) is 0. The van der Waals surface area contributed by atoms with E-state index in [-0.39, 0.29) is 5.70 Å². The molecule has 0 aliphatic carbocycles. The van der Waals surface area contributed by atoms with E-state index < -0.39 is 11.0 Å². The largest absolute Gasteiger partial charge is 0.472 e. The Morgan fingerprint density at radius 3 is 2.50 bits per heavy atom. The summed E-state index contributed by atoms with van der Waals surface area (Å²) in [5, 5.41) is 12.1. The third kappa shape index (κ3) is 2.84. The van der Waals surface area contributed by atoms with Crippen molar-refractivity contribution in [3.05, 3.63) is 77.9 Å². The quantitative estimate of drug-likeness (QED) is 0.493. The van der Waals surface area contributed by atoms with Crippen molar-refractivity contribution in [3.63, 3.8) is 0 Å². The third-order valence-electron chi connectivity index (χ3n) is 3.23. The molecule has 112 valence electrons. The molecule has 0 spiro atoms. The molecule has 3 rings (SSSR count). The Hall–Kier alpha value is -1.56. The molecule has 4 nitrogen and oxygen atoms in total. The predicted molar refractivity (Wildman–Crippen MR) is 88.9 cm³/mol. The highest BCUT2D eigenvalue weighted by Gasteiger charge is 2.34. The minimum Gasteiger partial charge on any atom is -0.472 e. The molecule has 1 atom stereocenters. The summed E-state index contributed by atoms with van der Waals surface area (Å²) in [6.45, 7) is 0. The summed E-state index contributed by atoms with van der Waals surface area (Å²) in [4.78, 5) is 10.9. The molecule has 2 aromatic rings. The fraction of sp³-hybridized carbons (Fsp3) is 0.0667. The van der Waals surface area contributed by atoms with E-state index in [4.69, 9.17) is 27.9 Å². The molecule has 1 heterocycles. The Labute approximate surface area is 144 Å². The smallest absolute Gasteiger partial charge is 0.291 e. The van der Waals surface area contributed by atoms with E-state index in [2.05, 4.69) is 15.9 Å². The molecular weight excluding hydrogens is 393 g/mol. The van der Waals surface area contributed by atoms with E-state index in [1.807, 2.05) is 0 Å². The van der Waals surface area contributed by atoms with Gasteiger partial charge in [0.2, 0.25) is 6.10 Å². The van der Waals surface area contributed by atoms with Crippen molar-refractivity contribution in [2.24, 2.45) is 0 Å². The number of halogens is 3. The van der Waals surface area contributed by atoms with Crippen molar-refractivity contribution < 1.29 is 9.66 Å². The summed E-state index contributed by atoms with van der Waals surface area (Å²) in [5.74, 6) is 0.393. The zero-order valence-corrected chi connectivity index (χ0v) is 14.0. The van der Waals surface area contributed by atoms with Gasteiger partial charge in [-0.2, -0.15) is 0 Å². The van der Waals surface area contributed by atoms with Gasteiger partial charge in [0.15, 0.2) is 0 Å². The summed E-state index contributed by atoms with van der Waals surface area (Å²) in [6, 6.07) is 10.3. The van der Waals surface area contributed by atoms with Gasteiger partial charge in [0, 0.05) is 26.7 Å². The number of nitrogens with zero attached hydrogens (tertiary/aromatic N) is 1. The monoisotopic (exact) mass is 399 g/mol. The maximum atomic E-state index is 11.4. The van der Waals surface area contributed by atoms with Crippen LogP contribution in [0.1, 0.15) is 17.2 Å². The Morgan fingerprint density at radius 2 is 1.86 bits per heavy atom. The molecule has 7 heteroatoms. The first-order valence-electron chi connectivity index (χ1n) is 6.23. The van der Waals surface area contributed by atoms with Crippen LogP contribution in [0.2, 0.25) is 10.0 Å². The lowest BCUT2D eigenvalue weighted by Crippen LogP contribution is -2.20. The molecule has 1 aliphatic rings. The highest BCUT2D eigenvalue weighted by molar-refractivity contribution is 9.10. The Morgan fingerprint density at radius 1 is 1.18 bits per heavy atom. The second-order valence-electron chi connectivity index (χ2n) is 4.68. The number of fused-ring (bicyclic) bond motifs is 1. The summed E-state index contributed by atoms with van der Waals surface area (Å²) >= 11 is 15.4. The second-order valence-corrected chi connectivity index (χ2v) is 6.44. The molecule has 0 N–H and O–H groups in total. The maximum Gasteiger partial charge on any atom is 0.291 e. The van der Waals surface area contributed by atoms with Crippen LogP contribution < -0.4 is 4.74 Å². The molecular formula is C15H8BrCl2NO3. The fourth-order valence-electron chi connectivity index (χ4n) is 2.25. The number of hydrogen-bond acceptors (Lipinski definition) is 3. The topological polar surface area (TPSA) is 52.4 Å². The SMILES string of the molecule is O=[N+]([O-])C1=Cc2cc(Cl)cc(Cl)c2OC1c1ccc(Br)cc1. The molecule has 2 aromatic carbocycles. The molecule has 1 aliphatic heterocycles. The summed E-state index contributed by atoms with van der Waals surface area (Å²) < 4.78 is 6.68. The molecule has 0 saturated heterocycles. The highest BCUT2D eigenvalue weighted by atomic mass is 79.9. The van der Waals surface area contributed by atoms with Crippen molar-refractivity contribution >= 4 is 45.2 Å². The lowest BCUT2D eigenvalue weighted by molar-refractivity contribution is -0.434. The molecule has 0 fully saturated rings.